The van der Waals surface area contributed by atoms with Crippen molar-refractivity contribution in [1.29, 1.82) is 0 Å². The number of rotatable bonds is 5. The normalized spacial score (nSPS) is 13.9. The van der Waals surface area contributed by atoms with Crippen LogP contribution in [-0.4, -0.2) is 17.6 Å². The lowest BCUT2D eigenvalue weighted by atomic mass is 9.98. The zero-order valence-electron chi connectivity index (χ0n) is 10.9. The Kier molecular flexibility index (Phi) is 5.14. The van der Waals surface area contributed by atoms with Crippen LogP contribution in [0.25, 0.3) is 0 Å². The quantitative estimate of drug-likeness (QED) is 0.878. The maximum atomic E-state index is 12.8. The van der Waals surface area contributed by atoms with Crippen molar-refractivity contribution in [3.63, 3.8) is 0 Å². The number of aromatic nitrogens is 1. The van der Waals surface area contributed by atoms with Crippen LogP contribution in [0.15, 0.2) is 18.5 Å². The Bertz CT molecular complexity index is 375. The topological polar surface area (TPSA) is 24.9 Å². The van der Waals surface area contributed by atoms with Crippen molar-refractivity contribution >= 4 is 0 Å². The monoisotopic (exact) mass is 260 g/mol. The van der Waals surface area contributed by atoms with Gasteiger partial charge in [0.2, 0.25) is 0 Å². The smallest absolute Gasteiger partial charge is 0.314 e. The molecule has 1 atom stereocenters. The summed E-state index contributed by atoms with van der Waals surface area (Å²) in [6.07, 6.45) is -1.43. The molecule has 1 unspecified atom stereocenters. The molecule has 0 fully saturated rings. The summed E-state index contributed by atoms with van der Waals surface area (Å²) in [5.41, 5.74) is -0.308. The van der Waals surface area contributed by atoms with E-state index in [0.717, 1.165) is 6.07 Å². The highest BCUT2D eigenvalue weighted by molar-refractivity contribution is 5.26. The van der Waals surface area contributed by atoms with Gasteiger partial charge < -0.3 is 5.32 Å². The van der Waals surface area contributed by atoms with Crippen LogP contribution in [0.2, 0.25) is 0 Å². The molecule has 1 aromatic heterocycles. The van der Waals surface area contributed by atoms with E-state index in [2.05, 4.69) is 10.3 Å². The zero-order chi connectivity index (χ0) is 13.8. The molecule has 0 aliphatic carbocycles. The molecule has 1 rings (SSSR count). The third-order valence-corrected chi connectivity index (χ3v) is 2.65. The fourth-order valence-electron chi connectivity index (χ4n) is 1.75. The number of hydrogen-bond acceptors (Lipinski definition) is 2. The zero-order valence-corrected chi connectivity index (χ0v) is 10.9. The van der Waals surface area contributed by atoms with E-state index < -0.39 is 11.7 Å². The van der Waals surface area contributed by atoms with Gasteiger partial charge in [0.05, 0.1) is 5.56 Å². The molecule has 1 N–H and O–H groups in total. The lowest BCUT2D eigenvalue weighted by Crippen LogP contribution is -2.29. The van der Waals surface area contributed by atoms with Crippen molar-refractivity contribution in [2.24, 2.45) is 5.92 Å². The number of pyridine rings is 1. The lowest BCUT2D eigenvalue weighted by molar-refractivity contribution is -0.138. The molecule has 0 bridgehead atoms. The number of alkyl halides is 3. The van der Waals surface area contributed by atoms with Gasteiger partial charge in [-0.2, -0.15) is 13.2 Å². The molecule has 102 valence electrons. The average Bonchev–Trinajstić information content (AvgIpc) is 2.25. The van der Waals surface area contributed by atoms with Gasteiger partial charge in [0.1, 0.15) is 0 Å². The van der Waals surface area contributed by atoms with Gasteiger partial charge in [0, 0.05) is 18.4 Å². The predicted molar refractivity (Wildman–Crippen MR) is 65.2 cm³/mol. The van der Waals surface area contributed by atoms with Crippen molar-refractivity contribution < 1.29 is 13.2 Å². The van der Waals surface area contributed by atoms with Crippen LogP contribution in [0.5, 0.6) is 0 Å². The molecular formula is C13H19F3N2. The second-order valence-electron chi connectivity index (χ2n) is 4.90. The van der Waals surface area contributed by atoms with Gasteiger partial charge in [-0.3, -0.25) is 4.98 Å². The van der Waals surface area contributed by atoms with E-state index in [-0.39, 0.29) is 11.5 Å². The Hall–Kier alpha value is -1.10. The summed E-state index contributed by atoms with van der Waals surface area (Å²) in [7, 11) is 0. The molecule has 0 radical (unpaired) electrons. The standard InChI is InChI=1S/C13H19F3N2/c1-9(2)18-7-10(3)6-11-8-17-5-4-12(11)13(14,15)16/h4-5,8-10,18H,6-7H2,1-3H3. The number of nitrogens with zero attached hydrogens (tertiary/aromatic N) is 1. The first-order valence-electron chi connectivity index (χ1n) is 6.04. The summed E-state index contributed by atoms with van der Waals surface area (Å²) in [4.78, 5) is 3.79. The van der Waals surface area contributed by atoms with Crippen molar-refractivity contribution in [1.82, 2.24) is 10.3 Å². The predicted octanol–water partition coefficient (Wildman–Crippen LogP) is 3.28. The SMILES string of the molecule is CC(CNC(C)C)Cc1cnccc1C(F)(F)F. The van der Waals surface area contributed by atoms with Crippen molar-refractivity contribution in [2.75, 3.05) is 6.54 Å². The molecule has 0 aromatic carbocycles. The molecule has 1 heterocycles. The second-order valence-corrected chi connectivity index (χ2v) is 4.90. The van der Waals surface area contributed by atoms with Crippen LogP contribution in [0.1, 0.15) is 31.9 Å². The van der Waals surface area contributed by atoms with Crippen LogP contribution >= 0.6 is 0 Å². The van der Waals surface area contributed by atoms with E-state index in [9.17, 15) is 13.2 Å². The summed E-state index contributed by atoms with van der Waals surface area (Å²) in [5, 5.41) is 3.22. The Labute approximate surface area is 106 Å². The van der Waals surface area contributed by atoms with E-state index in [1.807, 2.05) is 20.8 Å². The summed E-state index contributed by atoms with van der Waals surface area (Å²) in [5.74, 6) is 0.137. The van der Waals surface area contributed by atoms with E-state index >= 15 is 0 Å². The first-order chi connectivity index (χ1) is 8.30. The van der Waals surface area contributed by atoms with Crippen LogP contribution in [0.4, 0.5) is 13.2 Å². The van der Waals surface area contributed by atoms with Gasteiger partial charge in [-0.25, -0.2) is 0 Å². The second kappa shape index (κ2) is 6.18. The van der Waals surface area contributed by atoms with Crippen molar-refractivity contribution in [3.8, 4) is 0 Å². The molecular weight excluding hydrogens is 241 g/mol. The average molecular weight is 260 g/mol. The summed E-state index contributed by atoms with van der Waals surface area (Å²) in [6, 6.07) is 1.38. The molecule has 0 amide bonds. The highest BCUT2D eigenvalue weighted by atomic mass is 19.4. The molecule has 0 saturated heterocycles. The summed E-state index contributed by atoms with van der Waals surface area (Å²) in [6.45, 7) is 6.66. The maximum Gasteiger partial charge on any atom is 0.416 e. The largest absolute Gasteiger partial charge is 0.416 e. The lowest BCUT2D eigenvalue weighted by Gasteiger charge is -2.17. The van der Waals surface area contributed by atoms with E-state index in [4.69, 9.17) is 0 Å². The molecule has 18 heavy (non-hydrogen) atoms. The van der Waals surface area contributed by atoms with Gasteiger partial charge in [0.15, 0.2) is 0 Å². The van der Waals surface area contributed by atoms with Crippen LogP contribution in [0.3, 0.4) is 0 Å². The Morgan fingerprint density at radius 3 is 2.50 bits per heavy atom. The van der Waals surface area contributed by atoms with Crippen molar-refractivity contribution in [3.05, 3.63) is 29.6 Å². The highest BCUT2D eigenvalue weighted by Crippen LogP contribution is 2.32. The van der Waals surface area contributed by atoms with Gasteiger partial charge in [-0.05, 0) is 30.5 Å². The number of halogens is 3. The first-order valence-corrected chi connectivity index (χ1v) is 6.04. The van der Waals surface area contributed by atoms with Gasteiger partial charge in [0.25, 0.3) is 0 Å². The first kappa shape index (κ1) is 15.0. The molecule has 5 heteroatoms. The van der Waals surface area contributed by atoms with Crippen LogP contribution < -0.4 is 5.32 Å². The van der Waals surface area contributed by atoms with Gasteiger partial charge in [-0.15, -0.1) is 0 Å². The number of nitrogens with one attached hydrogen (secondary N) is 1. The van der Waals surface area contributed by atoms with E-state index in [1.54, 1.807) is 0 Å². The molecule has 0 spiro atoms. The fraction of sp³-hybridized carbons (Fsp3) is 0.615. The fourth-order valence-corrected chi connectivity index (χ4v) is 1.75. The van der Waals surface area contributed by atoms with Crippen LogP contribution in [0, 0.1) is 5.92 Å². The minimum absolute atomic E-state index is 0.137. The maximum absolute atomic E-state index is 12.8. The van der Waals surface area contributed by atoms with Gasteiger partial charge in [-0.1, -0.05) is 20.8 Å². The minimum atomic E-state index is -4.30. The highest BCUT2D eigenvalue weighted by Gasteiger charge is 2.33. The van der Waals surface area contributed by atoms with E-state index in [1.165, 1.54) is 12.4 Å². The Balaban J connectivity index is 2.72. The van der Waals surface area contributed by atoms with Crippen LogP contribution in [-0.2, 0) is 12.6 Å². The van der Waals surface area contributed by atoms with E-state index in [0.29, 0.717) is 19.0 Å². The molecule has 0 aliphatic heterocycles. The molecule has 0 saturated carbocycles. The summed E-state index contributed by atoms with van der Waals surface area (Å²) < 4.78 is 38.3. The third-order valence-electron chi connectivity index (χ3n) is 2.65. The summed E-state index contributed by atoms with van der Waals surface area (Å²) >= 11 is 0. The minimum Gasteiger partial charge on any atom is -0.314 e. The molecule has 1 aromatic rings. The third kappa shape index (κ3) is 4.64. The molecule has 2 nitrogen and oxygen atoms in total. The molecule has 0 aliphatic rings. The Morgan fingerprint density at radius 2 is 1.94 bits per heavy atom. The van der Waals surface area contributed by atoms with Gasteiger partial charge >= 0.3 is 6.18 Å². The Morgan fingerprint density at radius 1 is 1.28 bits per heavy atom. The number of hydrogen-bond donors (Lipinski definition) is 1. The van der Waals surface area contributed by atoms with Crippen molar-refractivity contribution in [2.45, 2.75) is 39.4 Å².